The van der Waals surface area contributed by atoms with Crippen LogP contribution in [0.1, 0.15) is 23.2 Å². The highest BCUT2D eigenvalue weighted by Gasteiger charge is 2.21. The molecule has 0 bridgehead atoms. The number of aromatic carboxylic acids is 1. The number of carboxylic acids is 1. The van der Waals surface area contributed by atoms with E-state index in [-0.39, 0.29) is 5.56 Å². The SMILES string of the molecule is CN1CCC(N(C)c2ccc(C(=O)O)cn2)CC1. The molecule has 1 aromatic heterocycles. The van der Waals surface area contributed by atoms with Crippen LogP contribution in [0.3, 0.4) is 0 Å². The first-order valence-corrected chi connectivity index (χ1v) is 6.18. The predicted molar refractivity (Wildman–Crippen MR) is 70.1 cm³/mol. The maximum Gasteiger partial charge on any atom is 0.337 e. The number of carboxylic acid groups (broad SMARTS) is 1. The highest BCUT2D eigenvalue weighted by Crippen LogP contribution is 2.19. The smallest absolute Gasteiger partial charge is 0.337 e. The van der Waals surface area contributed by atoms with E-state index >= 15 is 0 Å². The summed E-state index contributed by atoms with van der Waals surface area (Å²) in [5.74, 6) is -0.0921. The summed E-state index contributed by atoms with van der Waals surface area (Å²) in [6, 6.07) is 3.88. The van der Waals surface area contributed by atoms with Crippen LogP contribution in [0.25, 0.3) is 0 Å². The maximum absolute atomic E-state index is 10.8. The molecule has 98 valence electrons. The molecule has 0 saturated carbocycles. The molecule has 0 aromatic carbocycles. The number of carbonyl (C=O) groups is 1. The fourth-order valence-electron chi connectivity index (χ4n) is 2.29. The Morgan fingerprint density at radius 2 is 2.11 bits per heavy atom. The topological polar surface area (TPSA) is 56.7 Å². The summed E-state index contributed by atoms with van der Waals surface area (Å²) in [5.41, 5.74) is 0.232. The molecular formula is C13H19N3O2. The van der Waals surface area contributed by atoms with Crippen molar-refractivity contribution in [2.75, 3.05) is 32.1 Å². The number of likely N-dealkylation sites (tertiary alicyclic amines) is 1. The van der Waals surface area contributed by atoms with Gasteiger partial charge in [-0.1, -0.05) is 0 Å². The van der Waals surface area contributed by atoms with Crippen molar-refractivity contribution in [3.63, 3.8) is 0 Å². The Morgan fingerprint density at radius 1 is 1.44 bits per heavy atom. The van der Waals surface area contributed by atoms with Crippen molar-refractivity contribution in [1.29, 1.82) is 0 Å². The van der Waals surface area contributed by atoms with E-state index in [0.29, 0.717) is 6.04 Å². The third-order valence-electron chi connectivity index (χ3n) is 3.59. The lowest BCUT2D eigenvalue weighted by Crippen LogP contribution is -2.42. The molecule has 1 aliphatic rings. The summed E-state index contributed by atoms with van der Waals surface area (Å²) in [4.78, 5) is 19.5. The zero-order valence-electron chi connectivity index (χ0n) is 10.8. The number of rotatable bonds is 3. The summed E-state index contributed by atoms with van der Waals surface area (Å²) in [6.07, 6.45) is 3.66. The molecule has 5 heteroatoms. The van der Waals surface area contributed by atoms with E-state index in [1.54, 1.807) is 12.1 Å². The van der Waals surface area contributed by atoms with Gasteiger partial charge in [-0.15, -0.1) is 0 Å². The molecule has 1 fully saturated rings. The van der Waals surface area contributed by atoms with E-state index in [1.165, 1.54) is 6.20 Å². The molecule has 1 aliphatic heterocycles. The molecule has 1 N–H and O–H groups in total. The molecule has 0 amide bonds. The molecule has 0 aliphatic carbocycles. The largest absolute Gasteiger partial charge is 0.478 e. The summed E-state index contributed by atoms with van der Waals surface area (Å²) in [5, 5.41) is 8.83. The van der Waals surface area contributed by atoms with Crippen molar-refractivity contribution in [2.24, 2.45) is 0 Å². The minimum absolute atomic E-state index is 0.232. The van der Waals surface area contributed by atoms with Crippen molar-refractivity contribution in [1.82, 2.24) is 9.88 Å². The average Bonchev–Trinajstić information content (AvgIpc) is 2.39. The van der Waals surface area contributed by atoms with E-state index < -0.39 is 5.97 Å². The number of piperidine rings is 1. The quantitative estimate of drug-likeness (QED) is 0.875. The number of hydrogen-bond acceptors (Lipinski definition) is 4. The molecule has 18 heavy (non-hydrogen) atoms. The second kappa shape index (κ2) is 5.35. The molecule has 0 spiro atoms. The molecule has 2 rings (SSSR count). The lowest BCUT2D eigenvalue weighted by molar-refractivity contribution is 0.0696. The summed E-state index contributed by atoms with van der Waals surface area (Å²) >= 11 is 0. The Kier molecular flexibility index (Phi) is 3.81. The molecule has 1 aromatic rings. The van der Waals surface area contributed by atoms with Crippen molar-refractivity contribution in [3.05, 3.63) is 23.9 Å². The Bertz CT molecular complexity index is 411. The molecule has 5 nitrogen and oxygen atoms in total. The van der Waals surface area contributed by atoms with Gasteiger partial charge in [0.15, 0.2) is 0 Å². The third-order valence-corrected chi connectivity index (χ3v) is 3.59. The highest BCUT2D eigenvalue weighted by molar-refractivity contribution is 5.87. The second-order valence-electron chi connectivity index (χ2n) is 4.86. The van der Waals surface area contributed by atoms with Crippen LogP contribution in [0.15, 0.2) is 18.3 Å². The van der Waals surface area contributed by atoms with Gasteiger partial charge in [-0.05, 0) is 45.1 Å². The van der Waals surface area contributed by atoms with E-state index in [9.17, 15) is 4.79 Å². The average molecular weight is 249 g/mol. The number of anilines is 1. The van der Waals surface area contributed by atoms with E-state index in [1.807, 2.05) is 7.05 Å². The summed E-state index contributed by atoms with van der Waals surface area (Å²) < 4.78 is 0. The first-order valence-electron chi connectivity index (χ1n) is 6.18. The lowest BCUT2D eigenvalue weighted by atomic mass is 10.0. The molecule has 1 saturated heterocycles. The van der Waals surface area contributed by atoms with Crippen LogP contribution in [0.5, 0.6) is 0 Å². The lowest BCUT2D eigenvalue weighted by Gasteiger charge is -2.35. The van der Waals surface area contributed by atoms with Crippen LogP contribution in [-0.2, 0) is 0 Å². The Labute approximate surface area is 107 Å². The third kappa shape index (κ3) is 2.79. The van der Waals surface area contributed by atoms with Gasteiger partial charge in [0.05, 0.1) is 5.56 Å². The first-order chi connectivity index (χ1) is 8.58. The minimum atomic E-state index is -0.934. The fraction of sp³-hybridized carbons (Fsp3) is 0.538. The van der Waals surface area contributed by atoms with Crippen LogP contribution in [0, 0.1) is 0 Å². The van der Waals surface area contributed by atoms with Crippen molar-refractivity contribution in [3.8, 4) is 0 Å². The van der Waals surface area contributed by atoms with Crippen LogP contribution in [0.4, 0.5) is 5.82 Å². The molecule has 0 radical (unpaired) electrons. The van der Waals surface area contributed by atoms with Crippen molar-refractivity contribution in [2.45, 2.75) is 18.9 Å². The van der Waals surface area contributed by atoms with Gasteiger partial charge < -0.3 is 14.9 Å². The number of pyridine rings is 1. The molecule has 0 atom stereocenters. The van der Waals surface area contributed by atoms with Crippen molar-refractivity contribution >= 4 is 11.8 Å². The van der Waals surface area contributed by atoms with Crippen LogP contribution >= 0.6 is 0 Å². The molecule has 2 heterocycles. The standard InChI is InChI=1S/C13H19N3O2/c1-15-7-5-11(6-8-15)16(2)12-4-3-10(9-14-12)13(17)18/h3-4,9,11H,5-8H2,1-2H3,(H,17,18). The first kappa shape index (κ1) is 12.8. The summed E-state index contributed by atoms with van der Waals surface area (Å²) in [7, 11) is 4.16. The van der Waals surface area contributed by atoms with Crippen LogP contribution in [-0.4, -0.2) is 54.2 Å². The van der Waals surface area contributed by atoms with Crippen molar-refractivity contribution < 1.29 is 9.90 Å². The van der Waals surface area contributed by atoms with Gasteiger partial charge in [0, 0.05) is 19.3 Å². The van der Waals surface area contributed by atoms with Gasteiger partial charge in [-0.3, -0.25) is 0 Å². The van der Waals surface area contributed by atoms with Gasteiger partial charge in [0.1, 0.15) is 5.82 Å². The zero-order chi connectivity index (χ0) is 13.1. The number of hydrogen-bond donors (Lipinski definition) is 1. The number of nitrogens with zero attached hydrogens (tertiary/aromatic N) is 3. The Hall–Kier alpha value is -1.62. The van der Waals surface area contributed by atoms with Gasteiger partial charge in [0.2, 0.25) is 0 Å². The number of aromatic nitrogens is 1. The zero-order valence-corrected chi connectivity index (χ0v) is 10.8. The monoisotopic (exact) mass is 249 g/mol. The van der Waals surface area contributed by atoms with Crippen LogP contribution in [0.2, 0.25) is 0 Å². The minimum Gasteiger partial charge on any atom is -0.478 e. The van der Waals surface area contributed by atoms with Gasteiger partial charge in [0.25, 0.3) is 0 Å². The van der Waals surface area contributed by atoms with E-state index in [4.69, 9.17) is 5.11 Å². The molecular weight excluding hydrogens is 230 g/mol. The maximum atomic E-state index is 10.8. The van der Waals surface area contributed by atoms with Crippen LogP contribution < -0.4 is 4.90 Å². The van der Waals surface area contributed by atoms with Gasteiger partial charge in [-0.2, -0.15) is 0 Å². The van der Waals surface area contributed by atoms with Gasteiger partial charge in [-0.25, -0.2) is 9.78 Å². The highest BCUT2D eigenvalue weighted by atomic mass is 16.4. The normalized spacial score (nSPS) is 17.7. The van der Waals surface area contributed by atoms with E-state index in [2.05, 4.69) is 21.8 Å². The molecule has 0 unspecified atom stereocenters. The summed E-state index contributed by atoms with van der Waals surface area (Å²) in [6.45, 7) is 2.20. The Balaban J connectivity index is 2.04. The fourth-order valence-corrected chi connectivity index (χ4v) is 2.29. The Morgan fingerprint density at radius 3 is 2.61 bits per heavy atom. The second-order valence-corrected chi connectivity index (χ2v) is 4.86. The van der Waals surface area contributed by atoms with Gasteiger partial charge >= 0.3 is 5.97 Å². The van der Waals surface area contributed by atoms with E-state index in [0.717, 1.165) is 31.7 Å². The predicted octanol–water partition coefficient (Wildman–Crippen LogP) is 1.31.